The molecule has 1 atom stereocenters. The van der Waals surface area contributed by atoms with Gasteiger partial charge in [-0.1, -0.05) is 23.5 Å². The van der Waals surface area contributed by atoms with Gasteiger partial charge in [0, 0.05) is 5.69 Å². The van der Waals surface area contributed by atoms with Crippen molar-refractivity contribution >= 4 is 57.2 Å². The Hall–Kier alpha value is -2.39. The molecule has 3 aliphatic rings. The van der Waals surface area contributed by atoms with Crippen molar-refractivity contribution < 1.29 is 19.1 Å². The highest BCUT2D eigenvalue weighted by Gasteiger charge is 2.41. The largest absolute Gasteiger partial charge is 0.462 e. The first-order chi connectivity index (χ1) is 14.0. The molecule has 0 bridgehead atoms. The second kappa shape index (κ2) is 8.54. The van der Waals surface area contributed by atoms with Crippen LogP contribution in [0, 0.1) is 5.92 Å². The number of ether oxygens (including phenoxy) is 1. The van der Waals surface area contributed by atoms with Crippen LogP contribution in [0.4, 0.5) is 5.69 Å². The highest BCUT2D eigenvalue weighted by molar-refractivity contribution is 8.18. The second-order valence-corrected chi connectivity index (χ2v) is 8.71. The number of anilines is 1. The van der Waals surface area contributed by atoms with Crippen molar-refractivity contribution in [1.82, 2.24) is 0 Å². The summed E-state index contributed by atoms with van der Waals surface area (Å²) in [5, 5.41) is 3.89. The maximum absolute atomic E-state index is 12.4. The van der Waals surface area contributed by atoms with Gasteiger partial charge in [-0.15, -0.1) is 0 Å². The number of nitrogens with zero attached hydrogens (tertiary/aromatic N) is 2. The van der Waals surface area contributed by atoms with E-state index in [1.54, 1.807) is 43.0 Å². The van der Waals surface area contributed by atoms with Gasteiger partial charge in [0.05, 0.1) is 23.0 Å². The van der Waals surface area contributed by atoms with E-state index in [-0.39, 0.29) is 23.5 Å². The van der Waals surface area contributed by atoms with Gasteiger partial charge in [0.15, 0.2) is 5.17 Å². The highest BCUT2D eigenvalue weighted by atomic mass is 32.2. The fourth-order valence-electron chi connectivity index (χ4n) is 3.41. The number of amides is 2. The van der Waals surface area contributed by atoms with Gasteiger partial charge in [-0.3, -0.25) is 9.59 Å². The zero-order valence-corrected chi connectivity index (χ0v) is 17.4. The molecule has 29 heavy (non-hydrogen) atoms. The van der Waals surface area contributed by atoms with Gasteiger partial charge in [0.25, 0.3) is 5.91 Å². The molecule has 150 valence electrons. The van der Waals surface area contributed by atoms with Crippen molar-refractivity contribution in [2.75, 3.05) is 17.7 Å². The van der Waals surface area contributed by atoms with Crippen LogP contribution in [0.25, 0.3) is 0 Å². The van der Waals surface area contributed by atoms with Crippen LogP contribution in [0.3, 0.4) is 0 Å². The molecule has 0 aromatic heterocycles. The maximum atomic E-state index is 12.4. The Balaban J connectivity index is 1.31. The van der Waals surface area contributed by atoms with E-state index in [1.807, 2.05) is 0 Å². The number of aliphatic imine (C=N–C) groups is 2. The van der Waals surface area contributed by atoms with Crippen LogP contribution in [0.2, 0.25) is 0 Å². The second-order valence-electron chi connectivity index (χ2n) is 6.65. The fraction of sp³-hybridized carbons (Fsp3) is 0.350. The van der Waals surface area contributed by atoms with Crippen molar-refractivity contribution in [1.29, 1.82) is 0 Å². The molecule has 0 spiro atoms. The van der Waals surface area contributed by atoms with E-state index in [0.29, 0.717) is 23.0 Å². The van der Waals surface area contributed by atoms with Crippen LogP contribution in [0.5, 0.6) is 0 Å². The zero-order valence-electron chi connectivity index (χ0n) is 15.8. The normalized spacial score (nSPS) is 20.0. The average Bonchev–Trinajstić information content (AvgIpc) is 3.28. The molecule has 1 unspecified atom stereocenters. The van der Waals surface area contributed by atoms with E-state index in [2.05, 4.69) is 15.3 Å². The minimum Gasteiger partial charge on any atom is -0.462 e. The number of allylic oxidation sites excluding steroid dienone is 1. The maximum Gasteiger partial charge on any atom is 0.338 e. The third kappa shape index (κ3) is 4.30. The van der Waals surface area contributed by atoms with Gasteiger partial charge in [0.1, 0.15) is 5.92 Å². The number of hydrogen-bond donors (Lipinski definition) is 1. The Morgan fingerprint density at radius 1 is 1.24 bits per heavy atom. The minimum absolute atomic E-state index is 0.0883. The first-order valence-electron chi connectivity index (χ1n) is 9.36. The molecule has 1 aromatic carbocycles. The Kier molecular flexibility index (Phi) is 5.86. The van der Waals surface area contributed by atoms with Gasteiger partial charge in [0.2, 0.25) is 5.91 Å². The number of benzene rings is 1. The minimum atomic E-state index is -0.399. The number of nitrogens with one attached hydrogen (secondary N) is 1. The Morgan fingerprint density at radius 2 is 2.03 bits per heavy atom. The standard InChI is InChI=1S/C20H19N3O4S2/c1-2-27-19(26)11-6-8-12(9-7-11)21-15(24)10-28-20-22-17(25)16-13-4-3-5-14(13)29-18(16)23-20/h6-9,16H,2-5,10H2,1H3,(H,21,24). The molecule has 0 fully saturated rings. The first-order valence-corrected chi connectivity index (χ1v) is 11.2. The summed E-state index contributed by atoms with van der Waals surface area (Å²) in [5.74, 6) is -1.01. The zero-order chi connectivity index (χ0) is 20.4. The van der Waals surface area contributed by atoms with Crippen molar-refractivity contribution in [2.24, 2.45) is 15.9 Å². The van der Waals surface area contributed by atoms with Crippen LogP contribution < -0.4 is 5.32 Å². The molecular formula is C20H19N3O4S2. The van der Waals surface area contributed by atoms with E-state index >= 15 is 0 Å². The van der Waals surface area contributed by atoms with Crippen LogP contribution in [-0.2, 0) is 14.3 Å². The van der Waals surface area contributed by atoms with E-state index in [0.717, 1.165) is 36.1 Å². The number of rotatable bonds is 5. The molecule has 1 aromatic rings. The molecule has 1 N–H and O–H groups in total. The predicted molar refractivity (Wildman–Crippen MR) is 115 cm³/mol. The van der Waals surface area contributed by atoms with E-state index < -0.39 is 5.97 Å². The van der Waals surface area contributed by atoms with Crippen LogP contribution in [0.15, 0.2) is 44.7 Å². The van der Waals surface area contributed by atoms with E-state index in [1.165, 1.54) is 10.5 Å². The highest BCUT2D eigenvalue weighted by Crippen LogP contribution is 2.49. The molecule has 0 saturated carbocycles. The SMILES string of the molecule is CCOC(=O)c1ccc(NC(=O)CSC2=NC(=O)C3C(=N2)SC2=C3CCC2)cc1. The van der Waals surface area contributed by atoms with Gasteiger partial charge in [-0.25, -0.2) is 9.79 Å². The summed E-state index contributed by atoms with van der Waals surface area (Å²) >= 11 is 2.74. The van der Waals surface area contributed by atoms with E-state index in [4.69, 9.17) is 4.74 Å². The van der Waals surface area contributed by atoms with Crippen LogP contribution >= 0.6 is 23.5 Å². The summed E-state index contributed by atoms with van der Waals surface area (Å²) in [6.45, 7) is 2.05. The lowest BCUT2D eigenvalue weighted by Crippen LogP contribution is -2.25. The topological polar surface area (TPSA) is 97.2 Å². The van der Waals surface area contributed by atoms with Gasteiger partial charge in [-0.05, 0) is 60.9 Å². The lowest BCUT2D eigenvalue weighted by molar-refractivity contribution is -0.119. The first kappa shape index (κ1) is 19.9. The Morgan fingerprint density at radius 3 is 2.79 bits per heavy atom. The molecule has 1 aliphatic carbocycles. The summed E-state index contributed by atoms with van der Waals surface area (Å²) in [6, 6.07) is 6.48. The molecule has 0 saturated heterocycles. The number of esters is 1. The fourth-order valence-corrected chi connectivity index (χ4v) is 5.46. The molecule has 4 rings (SSSR count). The third-order valence-electron chi connectivity index (χ3n) is 4.70. The number of fused-ring (bicyclic) bond motifs is 2. The van der Waals surface area contributed by atoms with Crippen molar-refractivity contribution in [2.45, 2.75) is 26.2 Å². The average molecular weight is 430 g/mol. The van der Waals surface area contributed by atoms with Crippen LogP contribution in [-0.4, -0.2) is 40.4 Å². The summed E-state index contributed by atoms with van der Waals surface area (Å²) < 4.78 is 4.93. The predicted octanol–water partition coefficient (Wildman–Crippen LogP) is 3.63. The Labute approximate surface area is 176 Å². The monoisotopic (exact) mass is 429 g/mol. The smallest absolute Gasteiger partial charge is 0.338 e. The van der Waals surface area contributed by atoms with Crippen molar-refractivity contribution in [3.8, 4) is 0 Å². The lowest BCUT2D eigenvalue weighted by Gasteiger charge is -2.15. The molecule has 7 nitrogen and oxygen atoms in total. The number of hydrogen-bond acceptors (Lipinski definition) is 7. The summed E-state index contributed by atoms with van der Waals surface area (Å²) in [4.78, 5) is 46.2. The molecular weight excluding hydrogens is 410 g/mol. The van der Waals surface area contributed by atoms with Gasteiger partial charge >= 0.3 is 5.97 Å². The molecule has 2 aliphatic heterocycles. The number of amidine groups is 1. The lowest BCUT2D eigenvalue weighted by atomic mass is 9.98. The Bertz CT molecular complexity index is 966. The molecule has 0 radical (unpaired) electrons. The number of thioether (sulfide) groups is 2. The number of carbonyl (C=O) groups is 3. The number of carbonyl (C=O) groups excluding carboxylic acids is 3. The quantitative estimate of drug-likeness (QED) is 0.718. The van der Waals surface area contributed by atoms with Gasteiger partial charge < -0.3 is 10.1 Å². The van der Waals surface area contributed by atoms with Crippen molar-refractivity contribution in [3.05, 3.63) is 40.3 Å². The van der Waals surface area contributed by atoms with Crippen molar-refractivity contribution in [3.63, 3.8) is 0 Å². The summed E-state index contributed by atoms with van der Waals surface area (Å²) in [6.07, 6.45) is 3.07. The molecule has 9 heteroatoms. The summed E-state index contributed by atoms with van der Waals surface area (Å²) in [5.41, 5.74) is 2.19. The molecule has 2 heterocycles. The van der Waals surface area contributed by atoms with Crippen LogP contribution in [0.1, 0.15) is 36.5 Å². The van der Waals surface area contributed by atoms with Gasteiger partial charge in [-0.2, -0.15) is 4.99 Å². The van der Waals surface area contributed by atoms with E-state index in [9.17, 15) is 14.4 Å². The molecule has 2 amide bonds. The third-order valence-corrected chi connectivity index (χ3v) is 6.80. The summed E-state index contributed by atoms with van der Waals surface area (Å²) in [7, 11) is 0.